The number of hydrogen-bond acceptors (Lipinski definition) is 1. The van der Waals surface area contributed by atoms with Gasteiger partial charge in [-0.3, -0.25) is 0 Å². The maximum Gasteiger partial charge on any atom is 0.133 e. The molecule has 0 N–H and O–H groups in total. The van der Waals surface area contributed by atoms with Crippen LogP contribution < -0.4 is 4.74 Å². The van der Waals surface area contributed by atoms with Crippen molar-refractivity contribution < 1.29 is 4.74 Å². The molecule has 2 aromatic carbocycles. The van der Waals surface area contributed by atoms with Crippen molar-refractivity contribution in [1.82, 2.24) is 0 Å². The van der Waals surface area contributed by atoms with Gasteiger partial charge in [0.25, 0.3) is 0 Å². The molecule has 1 nitrogen and oxygen atoms in total. The summed E-state index contributed by atoms with van der Waals surface area (Å²) in [5.74, 6) is 0.892. The van der Waals surface area contributed by atoms with Gasteiger partial charge < -0.3 is 4.74 Å². The molecule has 82 valence electrons. The molecule has 0 bridgehead atoms. The minimum Gasteiger partial charge on any atom is -0.488 e. The summed E-state index contributed by atoms with van der Waals surface area (Å²) in [6, 6.07) is 15.6. The highest BCUT2D eigenvalue weighted by atomic mass is 127. The maximum absolute atomic E-state index is 6.05. The minimum absolute atomic E-state index is 0.500. The Morgan fingerprint density at radius 2 is 1.69 bits per heavy atom. The zero-order valence-electron chi connectivity index (χ0n) is 8.49. The molecule has 0 fully saturated rings. The fraction of sp³-hybridized carbons (Fsp3) is 0.0769. The summed E-state index contributed by atoms with van der Waals surface area (Å²) in [5, 5.41) is 0.744. The first kappa shape index (κ1) is 11.7. The Morgan fingerprint density at radius 3 is 2.44 bits per heavy atom. The molecule has 0 radical (unpaired) electrons. The molecular formula is C13H10ClIO. The van der Waals surface area contributed by atoms with E-state index in [9.17, 15) is 0 Å². The number of hydrogen-bond donors (Lipinski definition) is 0. The minimum atomic E-state index is 0.500. The van der Waals surface area contributed by atoms with Gasteiger partial charge in [-0.05, 0) is 40.8 Å². The lowest BCUT2D eigenvalue weighted by Crippen LogP contribution is -1.97. The van der Waals surface area contributed by atoms with E-state index in [1.165, 1.54) is 0 Å². The van der Waals surface area contributed by atoms with Crippen LogP contribution in [0.4, 0.5) is 0 Å². The summed E-state index contributed by atoms with van der Waals surface area (Å²) < 4.78 is 6.82. The Hall–Kier alpha value is -0.740. The van der Waals surface area contributed by atoms with Crippen molar-refractivity contribution in [3.05, 3.63) is 62.7 Å². The zero-order valence-corrected chi connectivity index (χ0v) is 11.4. The topological polar surface area (TPSA) is 9.23 Å². The average Bonchev–Trinajstić information content (AvgIpc) is 2.30. The third kappa shape index (κ3) is 2.89. The normalized spacial score (nSPS) is 10.1. The van der Waals surface area contributed by atoms with Crippen LogP contribution in [0.25, 0.3) is 0 Å². The van der Waals surface area contributed by atoms with Crippen molar-refractivity contribution in [1.29, 1.82) is 0 Å². The standard InChI is InChI=1S/C13H10ClIO/c14-11-6-2-1-5-10(11)9-16-13-8-4-3-7-12(13)15/h1-8H,9H2. The van der Waals surface area contributed by atoms with E-state index in [1.54, 1.807) is 0 Å². The van der Waals surface area contributed by atoms with Gasteiger partial charge in [0.05, 0.1) is 3.57 Å². The van der Waals surface area contributed by atoms with E-state index in [4.69, 9.17) is 16.3 Å². The maximum atomic E-state index is 6.05. The van der Waals surface area contributed by atoms with Crippen LogP contribution in [0.5, 0.6) is 5.75 Å². The van der Waals surface area contributed by atoms with Crippen LogP contribution in [0.3, 0.4) is 0 Å². The summed E-state index contributed by atoms with van der Waals surface area (Å²) in [5.41, 5.74) is 1.00. The predicted molar refractivity (Wildman–Crippen MR) is 74.9 cm³/mol. The largest absolute Gasteiger partial charge is 0.488 e. The van der Waals surface area contributed by atoms with Crippen molar-refractivity contribution in [2.24, 2.45) is 0 Å². The molecule has 0 aliphatic heterocycles. The Kier molecular flexibility index (Phi) is 4.07. The molecule has 0 atom stereocenters. The molecule has 0 heterocycles. The second kappa shape index (κ2) is 5.55. The summed E-state index contributed by atoms with van der Waals surface area (Å²) in [6.07, 6.45) is 0. The van der Waals surface area contributed by atoms with E-state index < -0.39 is 0 Å². The van der Waals surface area contributed by atoms with Crippen molar-refractivity contribution in [2.45, 2.75) is 6.61 Å². The van der Waals surface area contributed by atoms with Crippen molar-refractivity contribution in [3.8, 4) is 5.75 Å². The van der Waals surface area contributed by atoms with Gasteiger partial charge >= 0.3 is 0 Å². The van der Waals surface area contributed by atoms with Gasteiger partial charge in [-0.25, -0.2) is 0 Å². The number of rotatable bonds is 3. The van der Waals surface area contributed by atoms with Crippen LogP contribution in [-0.2, 0) is 6.61 Å². The van der Waals surface area contributed by atoms with Crippen molar-refractivity contribution >= 4 is 34.2 Å². The molecule has 16 heavy (non-hydrogen) atoms. The lowest BCUT2D eigenvalue weighted by molar-refractivity contribution is 0.304. The first-order valence-electron chi connectivity index (χ1n) is 4.88. The third-order valence-electron chi connectivity index (χ3n) is 2.18. The molecule has 0 saturated heterocycles. The summed E-state index contributed by atoms with van der Waals surface area (Å²) in [6.45, 7) is 0.500. The number of ether oxygens (including phenoxy) is 1. The Labute approximate surface area is 114 Å². The number of halogens is 2. The van der Waals surface area contributed by atoms with Gasteiger partial charge in [-0.1, -0.05) is 41.9 Å². The van der Waals surface area contributed by atoms with Crippen LogP contribution in [0.1, 0.15) is 5.56 Å². The Balaban J connectivity index is 2.09. The van der Waals surface area contributed by atoms with Crippen molar-refractivity contribution in [3.63, 3.8) is 0 Å². The molecule has 0 spiro atoms. The predicted octanol–water partition coefficient (Wildman–Crippen LogP) is 4.52. The number of benzene rings is 2. The van der Waals surface area contributed by atoms with E-state index in [2.05, 4.69) is 22.6 Å². The highest BCUT2D eigenvalue weighted by Gasteiger charge is 2.02. The SMILES string of the molecule is Clc1ccccc1COc1ccccc1I. The fourth-order valence-electron chi connectivity index (χ4n) is 1.33. The monoisotopic (exact) mass is 344 g/mol. The van der Waals surface area contributed by atoms with Gasteiger partial charge in [-0.15, -0.1) is 0 Å². The lowest BCUT2D eigenvalue weighted by atomic mass is 10.2. The van der Waals surface area contributed by atoms with Crippen LogP contribution >= 0.6 is 34.2 Å². The Bertz CT molecular complexity index is 439. The zero-order chi connectivity index (χ0) is 11.4. The first-order valence-corrected chi connectivity index (χ1v) is 6.34. The number of para-hydroxylation sites is 1. The van der Waals surface area contributed by atoms with Crippen LogP contribution in [-0.4, -0.2) is 0 Å². The Morgan fingerprint density at radius 1 is 1.00 bits per heavy atom. The summed E-state index contributed by atoms with van der Waals surface area (Å²) in [7, 11) is 0. The van der Waals surface area contributed by atoms with Crippen LogP contribution in [0.2, 0.25) is 5.02 Å². The smallest absolute Gasteiger partial charge is 0.133 e. The molecule has 0 saturated carbocycles. The van der Waals surface area contributed by atoms with E-state index in [-0.39, 0.29) is 0 Å². The van der Waals surface area contributed by atoms with Gasteiger partial charge in [0.15, 0.2) is 0 Å². The van der Waals surface area contributed by atoms with Gasteiger partial charge in [-0.2, -0.15) is 0 Å². The molecular weight excluding hydrogens is 334 g/mol. The van der Waals surface area contributed by atoms with E-state index >= 15 is 0 Å². The molecule has 2 rings (SSSR count). The molecule has 0 aliphatic carbocycles. The van der Waals surface area contributed by atoms with E-state index in [1.807, 2.05) is 48.5 Å². The summed E-state index contributed by atoms with van der Waals surface area (Å²) in [4.78, 5) is 0. The molecule has 0 aliphatic rings. The lowest BCUT2D eigenvalue weighted by Gasteiger charge is -2.08. The molecule has 0 amide bonds. The van der Waals surface area contributed by atoms with Crippen molar-refractivity contribution in [2.75, 3.05) is 0 Å². The molecule has 3 heteroatoms. The van der Waals surface area contributed by atoms with Crippen LogP contribution in [0.15, 0.2) is 48.5 Å². The van der Waals surface area contributed by atoms with Gasteiger partial charge in [0.1, 0.15) is 12.4 Å². The van der Waals surface area contributed by atoms with Gasteiger partial charge in [0.2, 0.25) is 0 Å². The highest BCUT2D eigenvalue weighted by molar-refractivity contribution is 14.1. The molecule has 2 aromatic rings. The molecule has 0 unspecified atom stereocenters. The van der Waals surface area contributed by atoms with Crippen LogP contribution in [0, 0.1) is 3.57 Å². The average molecular weight is 345 g/mol. The van der Waals surface area contributed by atoms with E-state index in [0.717, 1.165) is 19.9 Å². The quantitative estimate of drug-likeness (QED) is 0.744. The molecule has 0 aromatic heterocycles. The summed E-state index contributed by atoms with van der Waals surface area (Å²) >= 11 is 8.30. The second-order valence-corrected chi connectivity index (χ2v) is 4.88. The highest BCUT2D eigenvalue weighted by Crippen LogP contribution is 2.22. The third-order valence-corrected chi connectivity index (χ3v) is 3.44. The first-order chi connectivity index (χ1) is 7.77. The fourth-order valence-corrected chi connectivity index (χ4v) is 2.07. The second-order valence-electron chi connectivity index (χ2n) is 3.31. The van der Waals surface area contributed by atoms with Gasteiger partial charge in [0, 0.05) is 10.6 Å². The van der Waals surface area contributed by atoms with E-state index in [0.29, 0.717) is 6.61 Å².